The molecule has 3 heterocycles. The molecule has 0 spiro atoms. The Morgan fingerprint density at radius 1 is 0.435 bits per heavy atom. The monoisotopic (exact) mass is 605 g/mol. The van der Waals surface area contributed by atoms with Crippen LogP contribution in [0.2, 0.25) is 0 Å². The molecule has 46 heavy (non-hydrogen) atoms. The van der Waals surface area contributed by atoms with Crippen molar-refractivity contribution >= 4 is 43.2 Å². The highest BCUT2D eigenvalue weighted by atomic mass is 32.1. The Hall–Kier alpha value is -5.84. The van der Waals surface area contributed by atoms with Gasteiger partial charge < -0.3 is 4.57 Å². The predicted molar refractivity (Wildman–Crippen MR) is 193 cm³/mol. The molecular formula is C42H27N3S. The van der Waals surface area contributed by atoms with Crippen LogP contribution in [-0.4, -0.2) is 14.5 Å². The quantitative estimate of drug-likeness (QED) is 0.195. The van der Waals surface area contributed by atoms with Gasteiger partial charge in [0, 0.05) is 32.3 Å². The van der Waals surface area contributed by atoms with Gasteiger partial charge in [0.05, 0.1) is 27.3 Å². The average Bonchev–Trinajstić information content (AvgIpc) is 3.72. The Morgan fingerprint density at radius 3 is 1.70 bits per heavy atom. The van der Waals surface area contributed by atoms with Gasteiger partial charge in [-0.15, -0.1) is 11.3 Å². The number of aromatic nitrogens is 3. The lowest BCUT2D eigenvalue weighted by molar-refractivity contribution is 1.17. The topological polar surface area (TPSA) is 30.7 Å². The van der Waals surface area contributed by atoms with E-state index in [2.05, 4.69) is 162 Å². The van der Waals surface area contributed by atoms with E-state index in [1.54, 1.807) is 11.3 Å². The van der Waals surface area contributed by atoms with Crippen molar-refractivity contribution in [2.45, 2.75) is 0 Å². The maximum Gasteiger partial charge on any atom is 0.170 e. The van der Waals surface area contributed by atoms with Gasteiger partial charge in [-0.2, -0.15) is 0 Å². The van der Waals surface area contributed by atoms with E-state index in [0.29, 0.717) is 0 Å². The maximum absolute atomic E-state index is 5.27. The molecule has 3 nitrogen and oxygen atoms in total. The van der Waals surface area contributed by atoms with E-state index in [9.17, 15) is 0 Å². The summed E-state index contributed by atoms with van der Waals surface area (Å²) < 4.78 is 3.61. The van der Waals surface area contributed by atoms with E-state index >= 15 is 0 Å². The molecule has 4 heteroatoms. The van der Waals surface area contributed by atoms with E-state index < -0.39 is 0 Å². The molecule has 3 aromatic heterocycles. The second-order valence-electron chi connectivity index (χ2n) is 11.5. The molecule has 0 aliphatic carbocycles. The number of para-hydroxylation sites is 2. The summed E-state index contributed by atoms with van der Waals surface area (Å²) in [6, 6.07) is 58.0. The van der Waals surface area contributed by atoms with Crippen LogP contribution in [0.1, 0.15) is 0 Å². The molecule has 9 rings (SSSR count). The first-order chi connectivity index (χ1) is 22.8. The van der Waals surface area contributed by atoms with Gasteiger partial charge in [-0.1, -0.05) is 115 Å². The lowest BCUT2D eigenvalue weighted by Crippen LogP contribution is -1.98. The van der Waals surface area contributed by atoms with E-state index in [0.717, 1.165) is 50.0 Å². The minimum Gasteiger partial charge on any atom is -0.309 e. The molecule has 0 saturated carbocycles. The minimum atomic E-state index is 0.737. The first kappa shape index (κ1) is 26.6. The Labute approximate surface area is 270 Å². The summed E-state index contributed by atoms with van der Waals surface area (Å²) >= 11 is 1.73. The highest BCUT2D eigenvalue weighted by Gasteiger charge is 2.17. The summed E-state index contributed by atoms with van der Waals surface area (Å²) in [4.78, 5) is 11.4. The minimum absolute atomic E-state index is 0.737. The summed E-state index contributed by atoms with van der Waals surface area (Å²) in [7, 11) is 0. The molecule has 0 N–H and O–H groups in total. The normalized spacial score (nSPS) is 11.5. The first-order valence-corrected chi connectivity index (χ1v) is 16.2. The molecule has 0 fully saturated rings. The zero-order valence-electron chi connectivity index (χ0n) is 24.8. The van der Waals surface area contributed by atoms with E-state index in [4.69, 9.17) is 9.97 Å². The van der Waals surface area contributed by atoms with Crippen LogP contribution in [0.5, 0.6) is 0 Å². The van der Waals surface area contributed by atoms with Crippen molar-refractivity contribution in [3.8, 4) is 50.0 Å². The third kappa shape index (κ3) is 4.59. The number of fused-ring (bicyclic) bond motifs is 4. The maximum atomic E-state index is 5.27. The molecule has 0 saturated heterocycles. The molecule has 0 radical (unpaired) electrons. The second-order valence-corrected chi connectivity index (χ2v) is 12.6. The molecule has 0 atom stereocenters. The average molecular weight is 606 g/mol. The van der Waals surface area contributed by atoms with Gasteiger partial charge in [0.15, 0.2) is 5.82 Å². The van der Waals surface area contributed by atoms with Crippen molar-refractivity contribution < 1.29 is 0 Å². The van der Waals surface area contributed by atoms with Crippen molar-refractivity contribution in [1.82, 2.24) is 14.5 Å². The molecule has 0 unspecified atom stereocenters. The standard InChI is InChI=1S/C42H27N3S/c1-3-13-28(14-4-1)31-23-32(25-33(24-31)45-38-20-10-8-18-34(38)35-19-9-11-21-39(35)45)37-27-36(29-15-5-2-6-16-29)43-42(44-37)41-26-30-17-7-12-22-40(30)46-41/h1-27H. The van der Waals surface area contributed by atoms with Gasteiger partial charge in [-0.3, -0.25) is 0 Å². The van der Waals surface area contributed by atoms with Crippen LogP contribution in [0.3, 0.4) is 0 Å². The van der Waals surface area contributed by atoms with Crippen LogP contribution in [0.15, 0.2) is 164 Å². The highest BCUT2D eigenvalue weighted by Crippen LogP contribution is 2.38. The van der Waals surface area contributed by atoms with Crippen LogP contribution in [0.25, 0.3) is 81.9 Å². The Kier molecular flexibility index (Phi) is 6.32. The van der Waals surface area contributed by atoms with Gasteiger partial charge >= 0.3 is 0 Å². The van der Waals surface area contributed by atoms with Gasteiger partial charge in [-0.05, 0) is 65.0 Å². The van der Waals surface area contributed by atoms with Gasteiger partial charge in [-0.25, -0.2) is 9.97 Å². The lowest BCUT2D eigenvalue weighted by atomic mass is 9.99. The Balaban J connectivity index is 1.32. The van der Waals surface area contributed by atoms with Crippen molar-refractivity contribution in [2.24, 2.45) is 0 Å². The number of hydrogen-bond donors (Lipinski definition) is 0. The molecule has 0 aliphatic rings. The summed E-state index contributed by atoms with van der Waals surface area (Å²) in [5.41, 5.74) is 9.65. The fourth-order valence-electron chi connectivity index (χ4n) is 6.44. The van der Waals surface area contributed by atoms with E-state index in [1.807, 2.05) is 6.07 Å². The number of thiophene rings is 1. The molecule has 0 amide bonds. The van der Waals surface area contributed by atoms with Gasteiger partial charge in [0.25, 0.3) is 0 Å². The molecule has 0 bridgehead atoms. The fourth-order valence-corrected chi connectivity index (χ4v) is 7.44. The van der Waals surface area contributed by atoms with Crippen molar-refractivity contribution in [3.63, 3.8) is 0 Å². The second kappa shape index (κ2) is 11.0. The molecule has 216 valence electrons. The third-order valence-electron chi connectivity index (χ3n) is 8.60. The summed E-state index contributed by atoms with van der Waals surface area (Å²) in [6.07, 6.45) is 0. The molecule has 6 aromatic carbocycles. The largest absolute Gasteiger partial charge is 0.309 e. The highest BCUT2D eigenvalue weighted by molar-refractivity contribution is 7.22. The first-order valence-electron chi connectivity index (χ1n) is 15.4. The van der Waals surface area contributed by atoms with Crippen molar-refractivity contribution in [3.05, 3.63) is 164 Å². The number of hydrogen-bond acceptors (Lipinski definition) is 3. The SMILES string of the molecule is c1ccc(-c2cc(-c3cc(-c4ccccc4)nc(-c4cc5ccccc5s4)n3)cc(-n3c4ccccc4c4ccccc43)c2)cc1. The zero-order valence-corrected chi connectivity index (χ0v) is 25.7. The van der Waals surface area contributed by atoms with Crippen LogP contribution < -0.4 is 0 Å². The number of benzene rings is 6. The van der Waals surface area contributed by atoms with Crippen LogP contribution >= 0.6 is 11.3 Å². The lowest BCUT2D eigenvalue weighted by Gasteiger charge is -2.15. The van der Waals surface area contributed by atoms with Crippen LogP contribution in [0, 0.1) is 0 Å². The van der Waals surface area contributed by atoms with E-state index in [1.165, 1.54) is 31.9 Å². The smallest absolute Gasteiger partial charge is 0.170 e. The fraction of sp³-hybridized carbons (Fsp3) is 0. The van der Waals surface area contributed by atoms with Crippen molar-refractivity contribution in [2.75, 3.05) is 0 Å². The Morgan fingerprint density at radius 2 is 1.00 bits per heavy atom. The van der Waals surface area contributed by atoms with Crippen LogP contribution in [0.4, 0.5) is 0 Å². The Bertz CT molecular complexity index is 2440. The third-order valence-corrected chi connectivity index (χ3v) is 9.71. The summed E-state index contributed by atoms with van der Waals surface area (Å²) in [6.45, 7) is 0. The number of nitrogens with zero attached hydrogens (tertiary/aromatic N) is 3. The van der Waals surface area contributed by atoms with E-state index in [-0.39, 0.29) is 0 Å². The molecular weight excluding hydrogens is 579 g/mol. The predicted octanol–water partition coefficient (Wildman–Crippen LogP) is 11.5. The van der Waals surface area contributed by atoms with Crippen LogP contribution in [-0.2, 0) is 0 Å². The van der Waals surface area contributed by atoms with Crippen molar-refractivity contribution in [1.29, 1.82) is 0 Å². The van der Waals surface area contributed by atoms with Gasteiger partial charge in [0.1, 0.15) is 0 Å². The van der Waals surface area contributed by atoms with Gasteiger partial charge in [0.2, 0.25) is 0 Å². The number of rotatable bonds is 5. The zero-order chi connectivity index (χ0) is 30.5. The summed E-state index contributed by atoms with van der Waals surface area (Å²) in [5.74, 6) is 0.737. The molecule has 0 aliphatic heterocycles. The molecule has 9 aromatic rings. The summed E-state index contributed by atoms with van der Waals surface area (Å²) in [5, 5.41) is 3.69.